The van der Waals surface area contributed by atoms with Crippen molar-refractivity contribution in [2.24, 2.45) is 5.92 Å². The highest BCUT2D eigenvalue weighted by molar-refractivity contribution is 6.12. The lowest BCUT2D eigenvalue weighted by atomic mass is 9.74. The molecule has 3 aliphatic rings. The maximum Gasteiger partial charge on any atom is 0.252 e. The van der Waals surface area contributed by atoms with Gasteiger partial charge >= 0.3 is 0 Å². The van der Waals surface area contributed by atoms with E-state index in [9.17, 15) is 9.59 Å². The molecule has 4 nitrogen and oxygen atoms in total. The number of piperidine rings is 1. The second-order valence-electron chi connectivity index (χ2n) is 5.58. The average Bonchev–Trinajstić information content (AvgIpc) is 2.72. The maximum absolute atomic E-state index is 12.4. The van der Waals surface area contributed by atoms with Crippen molar-refractivity contribution in [3.8, 4) is 0 Å². The van der Waals surface area contributed by atoms with Gasteiger partial charge in [-0.2, -0.15) is 0 Å². The van der Waals surface area contributed by atoms with Crippen LogP contribution in [0.1, 0.15) is 32.6 Å². The molecule has 0 radical (unpaired) electrons. The van der Waals surface area contributed by atoms with Gasteiger partial charge in [-0.25, -0.2) is 0 Å². The van der Waals surface area contributed by atoms with E-state index in [4.69, 9.17) is 0 Å². The Balaban J connectivity index is 0.00000147. The summed E-state index contributed by atoms with van der Waals surface area (Å²) in [5, 5.41) is 2.55. The molecule has 0 saturated carbocycles. The molecule has 1 N–H and O–H groups in total. The van der Waals surface area contributed by atoms with Crippen LogP contribution in [0.25, 0.3) is 0 Å². The first-order chi connectivity index (χ1) is 9.20. The van der Waals surface area contributed by atoms with Gasteiger partial charge in [-0.1, -0.05) is 37.1 Å². The number of carbonyl (C=O) groups excluding carboxylic acids is 2. The Morgan fingerprint density at radius 2 is 2.00 bits per heavy atom. The van der Waals surface area contributed by atoms with Crippen LogP contribution in [0.3, 0.4) is 0 Å². The van der Waals surface area contributed by atoms with Gasteiger partial charge in [0.2, 0.25) is 5.91 Å². The molecule has 0 aromatic rings. The van der Waals surface area contributed by atoms with E-state index in [0.717, 1.165) is 37.9 Å². The van der Waals surface area contributed by atoms with Crippen molar-refractivity contribution in [3.63, 3.8) is 0 Å². The number of halogens is 1. The van der Waals surface area contributed by atoms with Crippen LogP contribution in [0.5, 0.6) is 0 Å². The summed E-state index contributed by atoms with van der Waals surface area (Å²) in [6, 6.07) is 0. The summed E-state index contributed by atoms with van der Waals surface area (Å²) in [4.78, 5) is 26.9. The lowest BCUT2D eigenvalue weighted by Gasteiger charge is -2.43. The Hall–Kier alpha value is -1.13. The quantitative estimate of drug-likeness (QED) is 0.791. The van der Waals surface area contributed by atoms with Gasteiger partial charge in [-0.3, -0.25) is 19.8 Å². The van der Waals surface area contributed by atoms with Crippen LogP contribution in [0.4, 0.5) is 0 Å². The largest absolute Gasteiger partial charge is 0.294 e. The molecule has 2 atom stereocenters. The number of hydrogen-bond donors (Lipinski definition) is 1. The summed E-state index contributed by atoms with van der Waals surface area (Å²) in [5.41, 5.74) is 0.314. The van der Waals surface area contributed by atoms with E-state index in [1.54, 1.807) is 0 Å². The highest BCUT2D eigenvalue weighted by Gasteiger charge is 2.58. The van der Waals surface area contributed by atoms with Crippen molar-refractivity contribution >= 4 is 24.2 Å². The summed E-state index contributed by atoms with van der Waals surface area (Å²) in [6.07, 6.45) is 10.1. The standard InChI is InChI=1S/C15H20N2O2.ClH/c1-2-11-7-6-8-15(17-9-4-3-5-10-17)12(11)13(18)16-14(15)19;/h6-8,12H,2-5,9-10H2,1H3,(H,16,18,19);1H. The molecule has 0 aromatic carbocycles. The van der Waals surface area contributed by atoms with Crippen molar-refractivity contribution in [1.82, 2.24) is 10.2 Å². The van der Waals surface area contributed by atoms with Gasteiger partial charge < -0.3 is 0 Å². The molecule has 5 heteroatoms. The molecule has 2 aliphatic heterocycles. The lowest BCUT2D eigenvalue weighted by Crippen LogP contribution is -2.58. The zero-order valence-electron chi connectivity index (χ0n) is 11.7. The topological polar surface area (TPSA) is 49.4 Å². The monoisotopic (exact) mass is 296 g/mol. The van der Waals surface area contributed by atoms with Crippen LogP contribution in [0.2, 0.25) is 0 Å². The third-order valence-electron chi connectivity index (χ3n) is 4.62. The molecule has 2 amide bonds. The predicted octanol–water partition coefficient (Wildman–Crippen LogP) is 1.81. The summed E-state index contributed by atoms with van der Waals surface area (Å²) >= 11 is 0. The highest BCUT2D eigenvalue weighted by atomic mass is 35.5. The second-order valence-corrected chi connectivity index (χ2v) is 5.58. The number of nitrogens with zero attached hydrogens (tertiary/aromatic N) is 1. The highest BCUT2D eigenvalue weighted by Crippen LogP contribution is 2.41. The summed E-state index contributed by atoms with van der Waals surface area (Å²) in [6.45, 7) is 3.85. The average molecular weight is 297 g/mol. The van der Waals surface area contributed by atoms with Gasteiger partial charge in [-0.15, -0.1) is 12.4 Å². The first-order valence-corrected chi connectivity index (χ1v) is 7.19. The summed E-state index contributed by atoms with van der Waals surface area (Å²) in [5.74, 6) is -0.596. The zero-order valence-corrected chi connectivity index (χ0v) is 12.5. The smallest absolute Gasteiger partial charge is 0.252 e. The predicted molar refractivity (Wildman–Crippen MR) is 79.6 cm³/mol. The van der Waals surface area contributed by atoms with Gasteiger partial charge in [0.1, 0.15) is 5.54 Å². The number of rotatable bonds is 2. The van der Waals surface area contributed by atoms with Crippen molar-refractivity contribution in [1.29, 1.82) is 0 Å². The molecule has 2 saturated heterocycles. The van der Waals surface area contributed by atoms with E-state index in [0.29, 0.717) is 0 Å². The lowest BCUT2D eigenvalue weighted by molar-refractivity contribution is -0.129. The van der Waals surface area contributed by atoms with Crippen molar-refractivity contribution < 1.29 is 9.59 Å². The fourth-order valence-electron chi connectivity index (χ4n) is 3.67. The minimum atomic E-state index is -0.752. The molecule has 110 valence electrons. The van der Waals surface area contributed by atoms with E-state index >= 15 is 0 Å². The SMILES string of the molecule is CCC1=CC=CC2(N3CCCCC3)C(=O)NC(=O)C12.Cl. The van der Waals surface area contributed by atoms with Crippen LogP contribution in [0.15, 0.2) is 23.8 Å². The molecule has 1 aliphatic carbocycles. The van der Waals surface area contributed by atoms with Gasteiger partial charge in [0, 0.05) is 0 Å². The Labute approximate surface area is 125 Å². The van der Waals surface area contributed by atoms with Crippen LogP contribution in [0, 0.1) is 5.92 Å². The number of carbonyl (C=O) groups is 2. The molecule has 2 unspecified atom stereocenters. The molecular weight excluding hydrogens is 276 g/mol. The fraction of sp³-hybridized carbons (Fsp3) is 0.600. The molecule has 20 heavy (non-hydrogen) atoms. The number of allylic oxidation sites excluding steroid dienone is 2. The van der Waals surface area contributed by atoms with Crippen molar-refractivity contribution in [2.45, 2.75) is 38.1 Å². The third-order valence-corrected chi connectivity index (χ3v) is 4.62. The first-order valence-electron chi connectivity index (χ1n) is 7.19. The van der Waals surface area contributed by atoms with E-state index in [2.05, 4.69) is 10.2 Å². The Morgan fingerprint density at radius 1 is 1.30 bits per heavy atom. The number of amides is 2. The van der Waals surface area contributed by atoms with Crippen molar-refractivity contribution in [3.05, 3.63) is 23.8 Å². The number of hydrogen-bond acceptors (Lipinski definition) is 3. The van der Waals surface area contributed by atoms with Gasteiger partial charge in [0.25, 0.3) is 5.91 Å². The van der Waals surface area contributed by atoms with Crippen LogP contribution in [-0.2, 0) is 9.59 Å². The van der Waals surface area contributed by atoms with E-state index in [1.165, 1.54) is 6.42 Å². The zero-order chi connectivity index (χ0) is 13.5. The Morgan fingerprint density at radius 3 is 2.65 bits per heavy atom. The number of nitrogens with one attached hydrogen (secondary N) is 1. The van der Waals surface area contributed by atoms with Crippen LogP contribution < -0.4 is 5.32 Å². The van der Waals surface area contributed by atoms with Gasteiger partial charge in [0.05, 0.1) is 5.92 Å². The molecule has 3 rings (SSSR count). The van der Waals surface area contributed by atoms with Gasteiger partial charge in [0.15, 0.2) is 0 Å². The molecule has 0 bridgehead atoms. The number of fused-ring (bicyclic) bond motifs is 1. The Bertz CT molecular complexity index is 480. The number of likely N-dealkylation sites (tertiary alicyclic amines) is 1. The summed E-state index contributed by atoms with van der Waals surface area (Å²) < 4.78 is 0. The van der Waals surface area contributed by atoms with E-state index in [-0.39, 0.29) is 30.1 Å². The van der Waals surface area contributed by atoms with E-state index in [1.807, 2.05) is 25.2 Å². The fourth-order valence-corrected chi connectivity index (χ4v) is 3.67. The van der Waals surface area contributed by atoms with Crippen molar-refractivity contribution in [2.75, 3.05) is 13.1 Å². The minimum absolute atomic E-state index is 0. The second kappa shape index (κ2) is 5.70. The van der Waals surface area contributed by atoms with Crippen LogP contribution in [-0.4, -0.2) is 35.3 Å². The van der Waals surface area contributed by atoms with Gasteiger partial charge in [-0.05, 0) is 32.4 Å². The molecular formula is C15H21ClN2O2. The van der Waals surface area contributed by atoms with E-state index < -0.39 is 5.54 Å². The van der Waals surface area contributed by atoms with Crippen LogP contribution >= 0.6 is 12.4 Å². The number of imide groups is 1. The maximum atomic E-state index is 12.4. The first kappa shape index (κ1) is 15.3. The summed E-state index contributed by atoms with van der Waals surface area (Å²) in [7, 11) is 0. The molecule has 0 aromatic heterocycles. The Kier molecular flexibility index (Phi) is 4.35. The normalized spacial score (nSPS) is 33.2. The molecule has 0 spiro atoms. The molecule has 2 fully saturated rings. The molecule has 2 heterocycles. The minimum Gasteiger partial charge on any atom is -0.294 e. The third kappa shape index (κ3) is 2.02.